The van der Waals surface area contributed by atoms with E-state index < -0.39 is 62.7 Å². The van der Waals surface area contributed by atoms with Crippen LogP contribution in [-0.2, 0) is 4.79 Å². The summed E-state index contributed by atoms with van der Waals surface area (Å²) in [6.07, 6.45) is -7.48. The van der Waals surface area contributed by atoms with Crippen molar-refractivity contribution in [3.8, 4) is 0 Å². The van der Waals surface area contributed by atoms with Crippen LogP contribution in [0.15, 0.2) is 0 Å². The monoisotopic (exact) mass is 302 g/mol. The van der Waals surface area contributed by atoms with E-state index in [0.717, 1.165) is 0 Å². The molecule has 10 nitrogen and oxygen atoms in total. The van der Waals surface area contributed by atoms with E-state index >= 15 is 0 Å². The Morgan fingerprint density at radius 3 is 1.30 bits per heavy atom. The molecular formula is C10H22O10. The van der Waals surface area contributed by atoms with E-state index in [9.17, 15) is 4.79 Å². The molecule has 9 N–H and O–H groups in total. The van der Waals surface area contributed by atoms with Crippen molar-refractivity contribution in [3.63, 3.8) is 0 Å². The zero-order valence-electron chi connectivity index (χ0n) is 10.6. The Labute approximate surface area is 114 Å². The average Bonchev–Trinajstić information content (AvgIpc) is 2.50. The number of aliphatic hydroxyl groups is 9. The highest BCUT2D eigenvalue weighted by molar-refractivity contribution is 5.84. The van der Waals surface area contributed by atoms with E-state index in [1.807, 2.05) is 0 Å². The fourth-order valence-corrected chi connectivity index (χ4v) is 0.880. The lowest BCUT2D eigenvalue weighted by atomic mass is 10.1. The number of aliphatic hydroxyl groups excluding tert-OH is 9. The lowest BCUT2D eigenvalue weighted by Gasteiger charge is -2.19. The Morgan fingerprint density at radius 2 is 1.05 bits per heavy atom. The molecule has 0 aliphatic heterocycles. The van der Waals surface area contributed by atoms with Gasteiger partial charge >= 0.3 is 0 Å². The molecule has 0 saturated carbocycles. The molecule has 0 aliphatic carbocycles. The summed E-state index contributed by atoms with van der Waals surface area (Å²) in [5.74, 6) is -0.901. The number of hydrogen-bond acceptors (Lipinski definition) is 10. The van der Waals surface area contributed by atoms with Crippen molar-refractivity contribution in [2.45, 2.75) is 30.5 Å². The maximum absolute atomic E-state index is 10.3. The summed E-state index contributed by atoms with van der Waals surface area (Å²) < 4.78 is 0. The molecule has 0 aliphatic rings. The van der Waals surface area contributed by atoms with Gasteiger partial charge in [0, 0.05) is 0 Å². The molecule has 0 aromatic carbocycles. The van der Waals surface area contributed by atoms with Gasteiger partial charge in [-0.15, -0.1) is 0 Å². The van der Waals surface area contributed by atoms with Gasteiger partial charge in [0.25, 0.3) is 0 Å². The highest BCUT2D eigenvalue weighted by atomic mass is 16.4. The summed E-state index contributed by atoms with van der Waals surface area (Å²) in [7, 11) is 0. The van der Waals surface area contributed by atoms with E-state index in [4.69, 9.17) is 46.0 Å². The van der Waals surface area contributed by atoms with E-state index in [0.29, 0.717) is 0 Å². The molecule has 0 aromatic rings. The van der Waals surface area contributed by atoms with Crippen LogP contribution >= 0.6 is 0 Å². The van der Waals surface area contributed by atoms with Crippen LogP contribution in [0.1, 0.15) is 0 Å². The number of carbonyl (C=O) groups excluding carboxylic acids is 1. The van der Waals surface area contributed by atoms with Crippen molar-refractivity contribution in [1.82, 2.24) is 0 Å². The lowest BCUT2D eigenvalue weighted by molar-refractivity contribution is -0.137. The standard InChI is InChI=1S/C5H12O5.C5H10O5/c2*6-1-3(8)5(10)4(9)2-7/h3-10H,1-2H2;3,5-8,10H,1-2H2/t3-,4+,5?;3-,5+/m.0/s1. The molecule has 0 heterocycles. The summed E-state index contributed by atoms with van der Waals surface area (Å²) >= 11 is 0. The van der Waals surface area contributed by atoms with Gasteiger partial charge in [0.05, 0.1) is 19.8 Å². The Balaban J connectivity index is 0. The number of ketones is 1. The summed E-state index contributed by atoms with van der Waals surface area (Å²) in [6, 6.07) is 0. The van der Waals surface area contributed by atoms with E-state index in [-0.39, 0.29) is 0 Å². The van der Waals surface area contributed by atoms with E-state index in [1.165, 1.54) is 0 Å². The van der Waals surface area contributed by atoms with Gasteiger partial charge in [-0.3, -0.25) is 4.79 Å². The zero-order valence-corrected chi connectivity index (χ0v) is 10.6. The second-order valence-corrected chi connectivity index (χ2v) is 3.81. The van der Waals surface area contributed by atoms with Crippen LogP contribution in [-0.4, -0.2) is 109 Å². The molecule has 0 rings (SSSR count). The molecular weight excluding hydrogens is 280 g/mol. The van der Waals surface area contributed by atoms with Gasteiger partial charge in [-0.1, -0.05) is 0 Å². The second kappa shape index (κ2) is 12.1. The van der Waals surface area contributed by atoms with Crippen molar-refractivity contribution < 1.29 is 50.8 Å². The quantitative estimate of drug-likeness (QED) is 0.208. The van der Waals surface area contributed by atoms with Crippen molar-refractivity contribution in [1.29, 1.82) is 0 Å². The van der Waals surface area contributed by atoms with Gasteiger partial charge < -0.3 is 46.0 Å². The SMILES string of the molecule is O=C(CO)[C@H](O)[C@@H](O)CO.OC[C@@H](O)C(O)[C@@H](O)CO. The topological polar surface area (TPSA) is 199 Å². The molecule has 5 atom stereocenters. The third-order valence-electron chi connectivity index (χ3n) is 2.20. The highest BCUT2D eigenvalue weighted by Crippen LogP contribution is 1.98. The molecule has 0 aromatic heterocycles. The van der Waals surface area contributed by atoms with Crippen LogP contribution in [0.25, 0.3) is 0 Å². The number of carbonyl (C=O) groups is 1. The molecule has 0 radical (unpaired) electrons. The normalized spacial score (nSPS) is 18.2. The first kappa shape index (κ1) is 21.6. The summed E-state index contributed by atoms with van der Waals surface area (Å²) in [5.41, 5.74) is 0. The molecule has 122 valence electrons. The molecule has 0 saturated heterocycles. The molecule has 10 heteroatoms. The van der Waals surface area contributed by atoms with Gasteiger partial charge in [-0.25, -0.2) is 0 Å². The van der Waals surface area contributed by atoms with E-state index in [1.54, 1.807) is 0 Å². The van der Waals surface area contributed by atoms with E-state index in [2.05, 4.69) is 0 Å². The smallest absolute Gasteiger partial charge is 0.189 e. The fraction of sp³-hybridized carbons (Fsp3) is 0.900. The molecule has 0 spiro atoms. The van der Waals surface area contributed by atoms with Crippen LogP contribution in [0.3, 0.4) is 0 Å². The molecule has 0 amide bonds. The van der Waals surface area contributed by atoms with Crippen molar-refractivity contribution >= 4 is 5.78 Å². The minimum Gasteiger partial charge on any atom is -0.394 e. The van der Waals surface area contributed by atoms with Gasteiger partial charge in [-0.05, 0) is 0 Å². The summed E-state index contributed by atoms with van der Waals surface area (Å²) in [4.78, 5) is 10.3. The third kappa shape index (κ3) is 8.47. The van der Waals surface area contributed by atoms with Gasteiger partial charge in [-0.2, -0.15) is 0 Å². The fourth-order valence-electron chi connectivity index (χ4n) is 0.880. The molecule has 0 fully saturated rings. The number of rotatable bonds is 8. The van der Waals surface area contributed by atoms with Crippen molar-refractivity contribution in [3.05, 3.63) is 0 Å². The van der Waals surface area contributed by atoms with Crippen LogP contribution in [0.4, 0.5) is 0 Å². The van der Waals surface area contributed by atoms with Crippen LogP contribution in [0.5, 0.6) is 0 Å². The molecule has 0 bridgehead atoms. The summed E-state index contributed by atoms with van der Waals surface area (Å²) in [5, 5.41) is 76.2. The van der Waals surface area contributed by atoms with Crippen molar-refractivity contribution in [2.24, 2.45) is 0 Å². The van der Waals surface area contributed by atoms with Gasteiger partial charge in [0.15, 0.2) is 5.78 Å². The number of hydrogen-bond donors (Lipinski definition) is 9. The lowest BCUT2D eigenvalue weighted by Crippen LogP contribution is -2.41. The zero-order chi connectivity index (χ0) is 16.3. The van der Waals surface area contributed by atoms with Crippen LogP contribution < -0.4 is 0 Å². The molecule has 1 unspecified atom stereocenters. The Hall–Kier alpha value is -0.690. The van der Waals surface area contributed by atoms with Crippen LogP contribution in [0.2, 0.25) is 0 Å². The minimum absolute atomic E-state index is 0.641. The van der Waals surface area contributed by atoms with Gasteiger partial charge in [0.1, 0.15) is 37.1 Å². The summed E-state index contributed by atoms with van der Waals surface area (Å²) in [6.45, 7) is -2.82. The Kier molecular flexibility index (Phi) is 13.1. The molecule has 20 heavy (non-hydrogen) atoms. The first-order chi connectivity index (χ1) is 9.26. The maximum atomic E-state index is 10.3. The largest absolute Gasteiger partial charge is 0.394 e. The Bertz CT molecular complexity index is 238. The van der Waals surface area contributed by atoms with Gasteiger partial charge in [0.2, 0.25) is 0 Å². The predicted molar refractivity (Wildman–Crippen MR) is 63.4 cm³/mol. The maximum Gasteiger partial charge on any atom is 0.189 e. The van der Waals surface area contributed by atoms with Crippen molar-refractivity contribution in [2.75, 3.05) is 26.4 Å². The highest BCUT2D eigenvalue weighted by Gasteiger charge is 2.23. The average molecular weight is 302 g/mol. The predicted octanol–water partition coefficient (Wildman–Crippen LogP) is -5.68. The third-order valence-corrected chi connectivity index (χ3v) is 2.20. The second-order valence-electron chi connectivity index (χ2n) is 3.81. The van der Waals surface area contributed by atoms with Crippen LogP contribution in [0, 0.1) is 0 Å². The first-order valence-corrected chi connectivity index (χ1v) is 5.63. The minimum atomic E-state index is -1.69. The number of Topliss-reactive ketones (excluding diaryl/α,β-unsaturated/α-hetero) is 1. The Morgan fingerprint density at radius 1 is 0.700 bits per heavy atom. The first-order valence-electron chi connectivity index (χ1n) is 5.63.